The third-order valence-electron chi connectivity index (χ3n) is 2.06. The molecule has 0 aliphatic rings. The molecule has 0 aliphatic heterocycles. The van der Waals surface area contributed by atoms with Crippen molar-refractivity contribution in [2.45, 2.75) is 6.92 Å². The smallest absolute Gasteiger partial charge is 0.269 e. The van der Waals surface area contributed by atoms with Crippen molar-refractivity contribution in [3.63, 3.8) is 0 Å². The van der Waals surface area contributed by atoms with Gasteiger partial charge in [0.05, 0.1) is 5.97 Å². The second-order valence-corrected chi connectivity index (χ2v) is 3.41. The van der Waals surface area contributed by atoms with E-state index in [1.54, 1.807) is 31.2 Å². The maximum Gasteiger partial charge on any atom is 0.269 e. The molecule has 0 radical (unpaired) electrons. The summed E-state index contributed by atoms with van der Waals surface area (Å²) in [6.45, 7) is 1.76. The SMILES string of the molecule is Cc1ccccc1C(=O)NNC(=O)C=CC(=O)[O-]. The molecule has 94 valence electrons. The van der Waals surface area contributed by atoms with Crippen molar-refractivity contribution < 1.29 is 19.5 Å². The Labute approximate surface area is 103 Å². The van der Waals surface area contributed by atoms with Crippen molar-refractivity contribution in [2.24, 2.45) is 0 Å². The normalized spacial score (nSPS) is 10.1. The minimum atomic E-state index is -1.49. The first-order valence-electron chi connectivity index (χ1n) is 5.05. The van der Waals surface area contributed by atoms with Gasteiger partial charge in [0.1, 0.15) is 0 Å². The Morgan fingerprint density at radius 2 is 1.78 bits per heavy atom. The summed E-state index contributed by atoms with van der Waals surface area (Å²) in [6.07, 6.45) is 1.31. The molecule has 0 atom stereocenters. The Morgan fingerprint density at radius 1 is 1.11 bits per heavy atom. The average molecular weight is 247 g/mol. The lowest BCUT2D eigenvalue weighted by Gasteiger charge is -2.07. The molecule has 18 heavy (non-hydrogen) atoms. The highest BCUT2D eigenvalue weighted by Gasteiger charge is 2.07. The number of nitrogens with one attached hydrogen (secondary N) is 2. The maximum atomic E-state index is 11.6. The van der Waals surface area contributed by atoms with E-state index in [2.05, 4.69) is 5.43 Å². The van der Waals surface area contributed by atoms with Crippen LogP contribution in [0.4, 0.5) is 0 Å². The van der Waals surface area contributed by atoms with Gasteiger partial charge in [-0.3, -0.25) is 20.4 Å². The lowest BCUT2D eigenvalue weighted by atomic mass is 10.1. The number of aliphatic carboxylic acids is 1. The predicted molar refractivity (Wildman–Crippen MR) is 60.9 cm³/mol. The largest absolute Gasteiger partial charge is 0.545 e. The van der Waals surface area contributed by atoms with E-state index in [9.17, 15) is 19.5 Å². The highest BCUT2D eigenvalue weighted by molar-refractivity contribution is 5.98. The molecular formula is C12H11N2O4-. The zero-order chi connectivity index (χ0) is 13.5. The lowest BCUT2D eigenvalue weighted by Crippen LogP contribution is -2.41. The van der Waals surface area contributed by atoms with Crippen molar-refractivity contribution in [3.05, 3.63) is 47.5 Å². The van der Waals surface area contributed by atoms with E-state index >= 15 is 0 Å². The Morgan fingerprint density at radius 3 is 2.39 bits per heavy atom. The molecular weight excluding hydrogens is 236 g/mol. The van der Waals surface area contributed by atoms with Gasteiger partial charge < -0.3 is 9.90 Å². The summed E-state index contributed by atoms with van der Waals surface area (Å²) in [4.78, 5) is 32.7. The van der Waals surface area contributed by atoms with Crippen LogP contribution in [0.25, 0.3) is 0 Å². The van der Waals surface area contributed by atoms with Gasteiger partial charge in [0.2, 0.25) is 0 Å². The van der Waals surface area contributed by atoms with Crippen molar-refractivity contribution in [1.82, 2.24) is 10.9 Å². The third kappa shape index (κ3) is 4.09. The second kappa shape index (κ2) is 6.19. The highest BCUT2D eigenvalue weighted by atomic mass is 16.4. The molecule has 0 spiro atoms. The first-order valence-corrected chi connectivity index (χ1v) is 5.05. The highest BCUT2D eigenvalue weighted by Crippen LogP contribution is 2.05. The maximum absolute atomic E-state index is 11.6. The molecule has 0 heterocycles. The fraction of sp³-hybridized carbons (Fsp3) is 0.0833. The topological polar surface area (TPSA) is 98.3 Å². The van der Waals surface area contributed by atoms with Gasteiger partial charge in [0.25, 0.3) is 11.8 Å². The summed E-state index contributed by atoms with van der Waals surface area (Å²) in [6, 6.07) is 6.84. The van der Waals surface area contributed by atoms with Crippen LogP contribution in [-0.2, 0) is 9.59 Å². The molecule has 0 saturated carbocycles. The number of benzene rings is 1. The third-order valence-corrected chi connectivity index (χ3v) is 2.06. The quantitative estimate of drug-likeness (QED) is 0.532. The molecule has 0 fully saturated rings. The van der Waals surface area contributed by atoms with E-state index in [4.69, 9.17) is 0 Å². The second-order valence-electron chi connectivity index (χ2n) is 3.41. The molecule has 0 aliphatic carbocycles. The van der Waals surface area contributed by atoms with Gasteiger partial charge in [-0.1, -0.05) is 18.2 Å². The number of carbonyl (C=O) groups is 3. The van der Waals surface area contributed by atoms with Crippen molar-refractivity contribution >= 4 is 17.8 Å². The number of hydrogen-bond donors (Lipinski definition) is 2. The van der Waals surface area contributed by atoms with E-state index < -0.39 is 17.8 Å². The Balaban J connectivity index is 2.55. The fourth-order valence-electron chi connectivity index (χ4n) is 1.20. The number of carboxylic acids is 1. The Kier molecular flexibility index (Phi) is 4.62. The molecule has 2 amide bonds. The zero-order valence-corrected chi connectivity index (χ0v) is 9.60. The minimum Gasteiger partial charge on any atom is -0.545 e. The van der Waals surface area contributed by atoms with Crippen LogP contribution in [0.1, 0.15) is 15.9 Å². The van der Waals surface area contributed by atoms with Crippen LogP contribution in [0.3, 0.4) is 0 Å². The molecule has 0 bridgehead atoms. The number of hydrogen-bond acceptors (Lipinski definition) is 4. The zero-order valence-electron chi connectivity index (χ0n) is 9.60. The molecule has 2 N–H and O–H groups in total. The average Bonchev–Trinajstić information content (AvgIpc) is 2.34. The molecule has 0 aromatic heterocycles. The summed E-state index contributed by atoms with van der Waals surface area (Å²) in [5.74, 6) is -2.74. The number of rotatable bonds is 3. The van der Waals surface area contributed by atoms with Crippen LogP contribution in [0.2, 0.25) is 0 Å². The Hall–Kier alpha value is -2.63. The summed E-state index contributed by atoms with van der Waals surface area (Å²) in [5.41, 5.74) is 5.38. The molecule has 0 unspecified atom stereocenters. The number of hydrazine groups is 1. The first kappa shape index (κ1) is 13.4. The van der Waals surface area contributed by atoms with Crippen LogP contribution >= 0.6 is 0 Å². The van der Waals surface area contributed by atoms with E-state index in [1.165, 1.54) is 0 Å². The van der Waals surface area contributed by atoms with Gasteiger partial charge in [-0.05, 0) is 24.6 Å². The van der Waals surface area contributed by atoms with Gasteiger partial charge in [0, 0.05) is 11.6 Å². The van der Waals surface area contributed by atoms with Crippen LogP contribution < -0.4 is 16.0 Å². The summed E-state index contributed by atoms with van der Waals surface area (Å²) >= 11 is 0. The van der Waals surface area contributed by atoms with Crippen molar-refractivity contribution in [3.8, 4) is 0 Å². The van der Waals surface area contributed by atoms with Gasteiger partial charge in [-0.25, -0.2) is 0 Å². The van der Waals surface area contributed by atoms with Crippen molar-refractivity contribution in [1.29, 1.82) is 0 Å². The molecule has 6 nitrogen and oxygen atoms in total. The molecule has 1 aromatic rings. The van der Waals surface area contributed by atoms with Crippen LogP contribution in [0.5, 0.6) is 0 Å². The number of amides is 2. The van der Waals surface area contributed by atoms with E-state index in [0.29, 0.717) is 11.6 Å². The molecule has 1 rings (SSSR count). The number of aryl methyl sites for hydroxylation is 1. The van der Waals surface area contributed by atoms with Crippen molar-refractivity contribution in [2.75, 3.05) is 0 Å². The molecule has 6 heteroatoms. The Bertz CT molecular complexity index is 509. The van der Waals surface area contributed by atoms with Gasteiger partial charge in [-0.15, -0.1) is 0 Å². The summed E-state index contributed by atoms with van der Waals surface area (Å²) < 4.78 is 0. The van der Waals surface area contributed by atoms with E-state index in [1.807, 2.05) is 5.43 Å². The monoisotopic (exact) mass is 247 g/mol. The lowest BCUT2D eigenvalue weighted by molar-refractivity contribution is -0.297. The predicted octanol–water partition coefficient (Wildman–Crippen LogP) is -0.938. The first-order chi connectivity index (χ1) is 8.50. The van der Waals surface area contributed by atoms with Crippen LogP contribution in [0.15, 0.2) is 36.4 Å². The van der Waals surface area contributed by atoms with Gasteiger partial charge >= 0.3 is 0 Å². The van der Waals surface area contributed by atoms with Crippen LogP contribution in [-0.4, -0.2) is 17.8 Å². The van der Waals surface area contributed by atoms with Gasteiger partial charge in [-0.2, -0.15) is 0 Å². The minimum absolute atomic E-state index is 0.418. The van der Waals surface area contributed by atoms with E-state index in [-0.39, 0.29) is 0 Å². The molecule has 0 saturated heterocycles. The summed E-state index contributed by atoms with van der Waals surface area (Å²) in [7, 11) is 0. The van der Waals surface area contributed by atoms with Crippen LogP contribution in [0, 0.1) is 6.92 Å². The van der Waals surface area contributed by atoms with Gasteiger partial charge in [0.15, 0.2) is 0 Å². The standard InChI is InChI=1S/C12H12N2O4/c1-8-4-2-3-5-9(8)12(18)14-13-10(15)6-7-11(16)17/h2-7H,1H3,(H,13,15)(H,14,18)(H,16,17)/p-1. The number of carboxylic acid groups (broad SMARTS) is 1. The molecule has 1 aromatic carbocycles. The fourth-order valence-corrected chi connectivity index (χ4v) is 1.20. The number of carbonyl (C=O) groups excluding carboxylic acids is 3. The van der Waals surface area contributed by atoms with E-state index in [0.717, 1.165) is 11.6 Å². The summed E-state index contributed by atoms with van der Waals surface area (Å²) in [5, 5.41) is 10.0.